The standard InChI is InChI=1S/C14H24N5O6P/c1-3-25-11(20)8-18(6-7-26(2,22,23)24)4-5-19-10-17-12-13(19)15-9-16-14(12)21/h9-10,22-24H,3-8H2,1-2H3,(H,15,16,21). The first-order chi connectivity index (χ1) is 12.0. The summed E-state index contributed by atoms with van der Waals surface area (Å²) in [4.78, 5) is 64.5. The molecule has 0 aliphatic heterocycles. The minimum absolute atomic E-state index is 0.0685. The number of fused-ring (bicyclic) bond motifs is 1. The molecule has 0 unspecified atom stereocenters. The molecule has 0 bridgehead atoms. The molecule has 0 saturated carbocycles. The number of imidazole rings is 1. The van der Waals surface area contributed by atoms with E-state index in [4.69, 9.17) is 4.74 Å². The van der Waals surface area contributed by atoms with Crippen LogP contribution in [0, 0.1) is 0 Å². The van der Waals surface area contributed by atoms with Crippen LogP contribution in [-0.4, -0.2) is 84.1 Å². The van der Waals surface area contributed by atoms with Crippen LogP contribution in [0.3, 0.4) is 0 Å². The molecule has 0 radical (unpaired) electrons. The molecular weight excluding hydrogens is 365 g/mol. The van der Waals surface area contributed by atoms with Gasteiger partial charge in [0, 0.05) is 0 Å². The molecule has 146 valence electrons. The Balaban J connectivity index is 2.08. The van der Waals surface area contributed by atoms with Gasteiger partial charge in [-0.1, -0.05) is 0 Å². The fourth-order valence-corrected chi connectivity index (χ4v) is 3.09. The number of hydrogen-bond acceptors (Lipinski definition) is 9. The van der Waals surface area contributed by atoms with E-state index in [1.54, 1.807) is 16.4 Å². The van der Waals surface area contributed by atoms with Crippen molar-refractivity contribution < 1.29 is 24.2 Å². The summed E-state index contributed by atoms with van der Waals surface area (Å²) in [6.45, 7) is 3.61. The molecule has 2 heterocycles. The van der Waals surface area contributed by atoms with Crippen molar-refractivity contribution in [2.75, 3.05) is 39.1 Å². The predicted molar refractivity (Wildman–Crippen MR) is 95.6 cm³/mol. The number of aromatic nitrogens is 4. The van der Waals surface area contributed by atoms with Crippen molar-refractivity contribution >= 4 is 24.4 Å². The number of rotatable bonds is 9. The predicted octanol–water partition coefficient (Wildman–Crippen LogP) is -1.11. The molecule has 0 amide bonds. The number of esters is 1. The fourth-order valence-electron chi connectivity index (χ4n) is 2.34. The molecule has 2 rings (SSSR count). The van der Waals surface area contributed by atoms with Crippen LogP contribution in [0.5, 0.6) is 0 Å². The van der Waals surface area contributed by atoms with Gasteiger partial charge in [-0.25, -0.2) is 0 Å². The zero-order valence-corrected chi connectivity index (χ0v) is 15.6. The molecule has 0 fully saturated rings. The van der Waals surface area contributed by atoms with Crippen molar-refractivity contribution in [2.45, 2.75) is 13.5 Å². The fraction of sp³-hybridized carbons (Fsp3) is 0.571. The van der Waals surface area contributed by atoms with E-state index in [-0.39, 0.29) is 36.9 Å². The van der Waals surface area contributed by atoms with E-state index in [1.807, 2.05) is 0 Å². The van der Waals surface area contributed by atoms with Crippen molar-refractivity contribution in [3.8, 4) is 0 Å². The molecule has 0 atom stereocenters. The third kappa shape index (κ3) is 6.11. The monoisotopic (exact) mass is 389 g/mol. The number of H-pyrrole nitrogens is 1. The zero-order valence-electron chi connectivity index (χ0n) is 14.7. The van der Waals surface area contributed by atoms with Gasteiger partial charge in [0.15, 0.2) is 0 Å². The van der Waals surface area contributed by atoms with Crippen molar-refractivity contribution in [3.05, 3.63) is 23.0 Å². The molecule has 12 heteroatoms. The zero-order chi connectivity index (χ0) is 19.4. The van der Waals surface area contributed by atoms with E-state index >= 15 is 0 Å². The Morgan fingerprint density at radius 2 is 2.08 bits per heavy atom. The second-order valence-corrected chi connectivity index (χ2v) is 9.92. The summed E-state index contributed by atoms with van der Waals surface area (Å²) in [7, 11) is -4.67. The van der Waals surface area contributed by atoms with Gasteiger partial charge in [0.25, 0.3) is 0 Å². The summed E-state index contributed by atoms with van der Waals surface area (Å²) in [5.74, 6) is -0.456. The van der Waals surface area contributed by atoms with E-state index in [0.29, 0.717) is 18.7 Å². The van der Waals surface area contributed by atoms with E-state index in [1.165, 1.54) is 12.7 Å². The summed E-state index contributed by atoms with van der Waals surface area (Å²) < 4.78 is 6.58. The topological polar surface area (TPSA) is 154 Å². The van der Waals surface area contributed by atoms with Crippen molar-refractivity contribution in [1.29, 1.82) is 0 Å². The number of hydrogen-bond donors (Lipinski definition) is 4. The van der Waals surface area contributed by atoms with Gasteiger partial charge in [0.1, 0.15) is 0 Å². The van der Waals surface area contributed by atoms with Crippen molar-refractivity contribution in [2.24, 2.45) is 0 Å². The summed E-state index contributed by atoms with van der Waals surface area (Å²) in [5, 5.41) is 0. The van der Waals surface area contributed by atoms with Crippen LogP contribution in [0.15, 0.2) is 17.4 Å². The maximum atomic E-state index is 11.8. The van der Waals surface area contributed by atoms with Gasteiger partial charge in [-0.3, -0.25) is 0 Å². The van der Waals surface area contributed by atoms with E-state index < -0.39 is 13.3 Å². The molecule has 11 nitrogen and oxygen atoms in total. The average molecular weight is 389 g/mol. The third-order valence-electron chi connectivity index (χ3n) is 3.66. The Morgan fingerprint density at radius 1 is 1.35 bits per heavy atom. The average Bonchev–Trinajstić information content (AvgIpc) is 2.93. The van der Waals surface area contributed by atoms with Crippen LogP contribution in [0.1, 0.15) is 6.92 Å². The normalized spacial score (nSPS) is 13.7. The Hall–Kier alpha value is -1.91. The molecule has 4 N–H and O–H groups in total. The van der Waals surface area contributed by atoms with Crippen LogP contribution >= 0.6 is 7.28 Å². The SMILES string of the molecule is CCOC(=O)CN(CCn1cnc2c(=O)[nH]cnc21)CCP(C)(O)(O)O. The summed E-state index contributed by atoms with van der Waals surface area (Å²) in [6, 6.07) is 0. The van der Waals surface area contributed by atoms with E-state index in [0.717, 1.165) is 6.66 Å². The van der Waals surface area contributed by atoms with E-state index in [9.17, 15) is 24.3 Å². The van der Waals surface area contributed by atoms with Crippen LogP contribution in [0.2, 0.25) is 0 Å². The van der Waals surface area contributed by atoms with Crippen molar-refractivity contribution in [1.82, 2.24) is 24.4 Å². The van der Waals surface area contributed by atoms with Gasteiger partial charge in [0.05, 0.1) is 0 Å². The number of aromatic amines is 1. The molecule has 0 spiro atoms. The Morgan fingerprint density at radius 3 is 2.73 bits per heavy atom. The number of ether oxygens (including phenoxy) is 1. The van der Waals surface area contributed by atoms with E-state index in [2.05, 4.69) is 15.0 Å². The maximum absolute atomic E-state index is 11.8. The molecule has 26 heavy (non-hydrogen) atoms. The van der Waals surface area contributed by atoms with Gasteiger partial charge in [0.2, 0.25) is 0 Å². The minimum atomic E-state index is -4.67. The van der Waals surface area contributed by atoms with Crippen LogP contribution < -0.4 is 5.56 Å². The van der Waals surface area contributed by atoms with Crippen molar-refractivity contribution in [3.63, 3.8) is 0 Å². The third-order valence-corrected chi connectivity index (χ3v) is 4.91. The van der Waals surface area contributed by atoms with Crippen LogP contribution in [0.4, 0.5) is 0 Å². The molecule has 0 saturated heterocycles. The second-order valence-electron chi connectivity index (χ2n) is 6.26. The van der Waals surface area contributed by atoms with Gasteiger partial charge in [-0.15, -0.1) is 0 Å². The Bertz CT molecular complexity index is 817. The first kappa shape index (κ1) is 20.4. The van der Waals surface area contributed by atoms with Gasteiger partial charge < -0.3 is 0 Å². The molecule has 2 aromatic heterocycles. The first-order valence-electron chi connectivity index (χ1n) is 8.07. The first-order valence-corrected chi connectivity index (χ1v) is 10.8. The molecular formula is C14H24N5O6P. The second kappa shape index (κ2) is 7.77. The van der Waals surface area contributed by atoms with Crippen LogP contribution in [-0.2, 0) is 16.1 Å². The van der Waals surface area contributed by atoms with Gasteiger partial charge in [-0.2, -0.15) is 0 Å². The van der Waals surface area contributed by atoms with Crippen LogP contribution in [0.25, 0.3) is 11.2 Å². The summed E-state index contributed by atoms with van der Waals surface area (Å²) in [5.41, 5.74) is 0.275. The molecule has 0 aromatic carbocycles. The number of carbonyl (C=O) groups is 1. The molecule has 2 aromatic rings. The number of nitrogens with one attached hydrogen (secondary N) is 1. The number of nitrogens with zero attached hydrogens (tertiary/aromatic N) is 4. The quantitative estimate of drug-likeness (QED) is 0.309. The van der Waals surface area contributed by atoms with Gasteiger partial charge >= 0.3 is 149 Å². The molecule has 0 aliphatic rings. The van der Waals surface area contributed by atoms with Gasteiger partial charge in [-0.05, 0) is 0 Å². The Labute approximate surface area is 149 Å². The Kier molecular flexibility index (Phi) is 6.09. The summed E-state index contributed by atoms with van der Waals surface area (Å²) in [6.07, 6.45) is 2.48. The molecule has 0 aliphatic carbocycles. The number of carbonyl (C=O) groups excluding carboxylic acids is 1. The summed E-state index contributed by atoms with van der Waals surface area (Å²) >= 11 is 0.